The van der Waals surface area contributed by atoms with E-state index in [1.807, 2.05) is 54.7 Å². The van der Waals surface area contributed by atoms with Gasteiger partial charge in [-0.15, -0.1) is 0 Å². The summed E-state index contributed by atoms with van der Waals surface area (Å²) in [6, 6.07) is 15.6. The van der Waals surface area contributed by atoms with Gasteiger partial charge in [0, 0.05) is 28.0 Å². The van der Waals surface area contributed by atoms with E-state index in [1.54, 1.807) is 10.9 Å². The number of rotatable bonds is 3. The maximum absolute atomic E-state index is 11.2. The highest BCUT2D eigenvalue weighted by Crippen LogP contribution is 2.33. The van der Waals surface area contributed by atoms with Crippen molar-refractivity contribution in [3.63, 3.8) is 0 Å². The molecule has 0 saturated carbocycles. The highest BCUT2D eigenvalue weighted by atomic mass is 32.2. The summed E-state index contributed by atoms with van der Waals surface area (Å²) in [7, 11) is 0. The summed E-state index contributed by atoms with van der Waals surface area (Å²) in [6.07, 6.45) is 3.43. The zero-order chi connectivity index (χ0) is 15.8. The Morgan fingerprint density at radius 3 is 2.57 bits per heavy atom. The average Bonchev–Trinajstić information content (AvgIpc) is 2.92. The van der Waals surface area contributed by atoms with Crippen LogP contribution in [0.1, 0.15) is 0 Å². The van der Waals surface area contributed by atoms with Crippen LogP contribution >= 0.6 is 0 Å². The third kappa shape index (κ3) is 2.42. The van der Waals surface area contributed by atoms with E-state index < -0.39 is 11.1 Å². The highest BCUT2D eigenvalue weighted by molar-refractivity contribution is 7.78. The van der Waals surface area contributed by atoms with E-state index in [1.165, 1.54) is 0 Å². The van der Waals surface area contributed by atoms with Crippen LogP contribution in [0.4, 0.5) is 0 Å². The topological polar surface area (TPSA) is 68.0 Å². The smallest absolute Gasteiger partial charge is 0.173 e. The lowest BCUT2D eigenvalue weighted by Crippen LogP contribution is -2.01. The van der Waals surface area contributed by atoms with Gasteiger partial charge in [0.05, 0.1) is 11.2 Å². The van der Waals surface area contributed by atoms with Crippen LogP contribution in [0.25, 0.3) is 33.1 Å². The molecule has 0 aliphatic heterocycles. The van der Waals surface area contributed by atoms with Crippen LogP contribution < -0.4 is 0 Å². The third-order valence-electron chi connectivity index (χ3n) is 3.84. The molecule has 0 aliphatic rings. The van der Waals surface area contributed by atoms with E-state index in [9.17, 15) is 8.76 Å². The quantitative estimate of drug-likeness (QED) is 0.587. The number of nitrogens with zero attached hydrogens (tertiary/aromatic N) is 3. The maximum Gasteiger partial charge on any atom is 0.173 e. The predicted molar refractivity (Wildman–Crippen MR) is 91.2 cm³/mol. The molecule has 1 unspecified atom stereocenters. The van der Waals surface area contributed by atoms with Crippen molar-refractivity contribution in [2.75, 3.05) is 0 Å². The molecule has 0 radical (unpaired) electrons. The molecule has 6 heteroatoms. The molecule has 4 rings (SSSR count). The number of fused-ring (bicyclic) bond motifs is 2. The zero-order valence-electron chi connectivity index (χ0n) is 12.1. The van der Waals surface area contributed by atoms with Gasteiger partial charge in [-0.25, -0.2) is 14.2 Å². The molecule has 0 amide bonds. The molecule has 0 saturated heterocycles. The van der Waals surface area contributed by atoms with Gasteiger partial charge >= 0.3 is 0 Å². The fraction of sp³-hybridized carbons (Fsp3) is 0.0588. The molecule has 0 aliphatic carbocycles. The lowest BCUT2D eigenvalue weighted by atomic mass is 10.1. The molecule has 0 spiro atoms. The Kier molecular flexibility index (Phi) is 3.40. The molecule has 0 bridgehead atoms. The summed E-state index contributed by atoms with van der Waals surface area (Å²) in [5, 5.41) is 1.96. The van der Waals surface area contributed by atoms with Crippen molar-refractivity contribution in [2.24, 2.45) is 0 Å². The van der Waals surface area contributed by atoms with Crippen molar-refractivity contribution in [3.8, 4) is 11.3 Å². The monoisotopic (exact) mass is 323 g/mol. The summed E-state index contributed by atoms with van der Waals surface area (Å²) in [6.45, 7) is 0. The molecule has 1 N–H and O–H groups in total. The third-order valence-corrected chi connectivity index (χ3v) is 4.34. The van der Waals surface area contributed by atoms with Gasteiger partial charge in [0.25, 0.3) is 0 Å². The number of aromatic nitrogens is 3. The molecule has 5 nitrogen and oxygen atoms in total. The van der Waals surface area contributed by atoms with Crippen molar-refractivity contribution in [1.82, 2.24) is 14.5 Å². The number of hydrogen-bond acceptors (Lipinski definition) is 3. The minimum absolute atomic E-state index is 0.0313. The molecule has 4 aromatic rings. The van der Waals surface area contributed by atoms with Crippen LogP contribution in [0.2, 0.25) is 0 Å². The van der Waals surface area contributed by atoms with Crippen molar-refractivity contribution in [2.45, 2.75) is 5.88 Å². The summed E-state index contributed by atoms with van der Waals surface area (Å²) >= 11 is -1.91. The largest absolute Gasteiger partial charge is 0.332 e. The van der Waals surface area contributed by atoms with Gasteiger partial charge in [-0.1, -0.05) is 36.4 Å². The molecule has 2 aromatic heterocycles. The van der Waals surface area contributed by atoms with E-state index in [0.29, 0.717) is 0 Å². The fourth-order valence-electron chi connectivity index (χ4n) is 2.88. The van der Waals surface area contributed by atoms with Crippen LogP contribution in [0.3, 0.4) is 0 Å². The summed E-state index contributed by atoms with van der Waals surface area (Å²) in [5.41, 5.74) is 3.55. The minimum atomic E-state index is -1.91. The Hall–Kier alpha value is -2.57. The van der Waals surface area contributed by atoms with Crippen molar-refractivity contribution < 1.29 is 8.76 Å². The Morgan fingerprint density at radius 1 is 1.00 bits per heavy atom. The SMILES string of the molecule is O=S(O)Cn1cc(-c2ncnc3ccccc23)c2ccccc21. The van der Waals surface area contributed by atoms with E-state index in [0.717, 1.165) is 33.1 Å². The molecule has 1 atom stereocenters. The van der Waals surface area contributed by atoms with Gasteiger partial charge in [0.1, 0.15) is 12.2 Å². The first-order chi connectivity index (χ1) is 11.2. The van der Waals surface area contributed by atoms with Gasteiger partial charge in [0.2, 0.25) is 0 Å². The van der Waals surface area contributed by atoms with E-state index in [2.05, 4.69) is 9.97 Å². The molecule has 0 fully saturated rings. The second-order valence-electron chi connectivity index (χ2n) is 5.22. The summed E-state index contributed by atoms with van der Waals surface area (Å²) < 4.78 is 22.3. The van der Waals surface area contributed by atoms with Gasteiger partial charge in [-0.2, -0.15) is 0 Å². The van der Waals surface area contributed by atoms with Gasteiger partial charge in [-0.05, 0) is 12.1 Å². The highest BCUT2D eigenvalue weighted by Gasteiger charge is 2.14. The number of benzene rings is 2. The molecule has 114 valence electrons. The predicted octanol–water partition coefficient (Wildman–Crippen LogP) is 3.43. The van der Waals surface area contributed by atoms with Crippen molar-refractivity contribution in [3.05, 3.63) is 61.1 Å². The van der Waals surface area contributed by atoms with Crippen molar-refractivity contribution >= 4 is 32.9 Å². The second kappa shape index (κ2) is 5.57. The van der Waals surface area contributed by atoms with Crippen LogP contribution in [0, 0.1) is 0 Å². The molecule has 2 aromatic carbocycles. The Labute approximate surface area is 134 Å². The standard InChI is InChI=1S/C17H13N3O2S/c21-23(22)11-20-9-14(12-5-2-4-8-16(12)20)17-13-6-1-3-7-15(13)18-10-19-17/h1-10H,11H2,(H,21,22). The molecule has 23 heavy (non-hydrogen) atoms. The van der Waals surface area contributed by atoms with Crippen LogP contribution in [-0.2, 0) is 17.0 Å². The van der Waals surface area contributed by atoms with E-state index in [-0.39, 0.29) is 5.88 Å². The summed E-state index contributed by atoms with van der Waals surface area (Å²) in [5.74, 6) is 0.0313. The van der Waals surface area contributed by atoms with Crippen molar-refractivity contribution in [1.29, 1.82) is 0 Å². The first-order valence-electron chi connectivity index (χ1n) is 7.09. The molecule has 2 heterocycles. The maximum atomic E-state index is 11.2. The summed E-state index contributed by atoms with van der Waals surface area (Å²) in [4.78, 5) is 8.75. The number of para-hydroxylation sites is 2. The first-order valence-corrected chi connectivity index (χ1v) is 8.37. The Balaban J connectivity index is 2.03. The van der Waals surface area contributed by atoms with Crippen LogP contribution in [0.15, 0.2) is 61.1 Å². The minimum Gasteiger partial charge on any atom is -0.332 e. The van der Waals surface area contributed by atoms with E-state index in [4.69, 9.17) is 0 Å². The molecular weight excluding hydrogens is 310 g/mol. The van der Waals surface area contributed by atoms with E-state index >= 15 is 0 Å². The average molecular weight is 323 g/mol. The fourth-order valence-corrected chi connectivity index (χ4v) is 3.33. The second-order valence-corrected chi connectivity index (χ2v) is 6.12. The number of hydrogen-bond donors (Lipinski definition) is 1. The lowest BCUT2D eigenvalue weighted by Gasteiger charge is -2.03. The van der Waals surface area contributed by atoms with Gasteiger partial charge in [-0.3, -0.25) is 0 Å². The van der Waals surface area contributed by atoms with Gasteiger partial charge < -0.3 is 9.12 Å². The Bertz CT molecular complexity index is 1040. The Morgan fingerprint density at radius 2 is 1.74 bits per heavy atom. The first kappa shape index (κ1) is 14.0. The lowest BCUT2D eigenvalue weighted by molar-refractivity contribution is 0.553. The molecular formula is C17H13N3O2S. The van der Waals surface area contributed by atoms with Gasteiger partial charge in [0.15, 0.2) is 11.1 Å². The normalized spacial score (nSPS) is 12.7. The van der Waals surface area contributed by atoms with Crippen LogP contribution in [-0.4, -0.2) is 23.3 Å². The zero-order valence-corrected chi connectivity index (χ0v) is 12.9. The van der Waals surface area contributed by atoms with Crippen LogP contribution in [0.5, 0.6) is 0 Å².